The van der Waals surface area contributed by atoms with E-state index in [0.717, 1.165) is 17.1 Å². The van der Waals surface area contributed by atoms with Gasteiger partial charge in [0.1, 0.15) is 0 Å². The quantitative estimate of drug-likeness (QED) is 0.633. The number of benzene rings is 2. The highest BCUT2D eigenvalue weighted by Gasteiger charge is 2.30. The van der Waals surface area contributed by atoms with Gasteiger partial charge in [-0.25, -0.2) is 4.68 Å². The lowest BCUT2D eigenvalue weighted by Crippen LogP contribution is -2.41. The molecule has 0 bridgehead atoms. The molecule has 6 nitrogen and oxygen atoms in total. The number of carbonyl (C=O) groups excluding carboxylic acids is 2. The normalized spacial score (nSPS) is 14.6. The third-order valence-corrected chi connectivity index (χ3v) is 6.06. The molecule has 6 heteroatoms. The molecular weight excluding hydrogens is 400 g/mol. The van der Waals surface area contributed by atoms with Crippen LogP contribution in [0.2, 0.25) is 0 Å². The second-order valence-corrected chi connectivity index (χ2v) is 8.77. The summed E-state index contributed by atoms with van der Waals surface area (Å²) in [6.07, 6.45) is 3.01. The van der Waals surface area contributed by atoms with Gasteiger partial charge in [0.05, 0.1) is 23.1 Å². The molecule has 1 aliphatic heterocycles. The number of amides is 2. The summed E-state index contributed by atoms with van der Waals surface area (Å²) in [6, 6.07) is 17.7. The topological polar surface area (TPSA) is 67.2 Å². The summed E-state index contributed by atoms with van der Waals surface area (Å²) >= 11 is 0. The molecule has 2 heterocycles. The minimum atomic E-state index is -0.0842. The Labute approximate surface area is 189 Å². The molecule has 4 rings (SSSR count). The van der Waals surface area contributed by atoms with Crippen LogP contribution < -0.4 is 5.32 Å². The van der Waals surface area contributed by atoms with Gasteiger partial charge >= 0.3 is 0 Å². The van der Waals surface area contributed by atoms with Crippen molar-refractivity contribution in [2.24, 2.45) is 5.92 Å². The summed E-state index contributed by atoms with van der Waals surface area (Å²) in [4.78, 5) is 27.8. The van der Waals surface area contributed by atoms with Crippen molar-refractivity contribution in [1.82, 2.24) is 14.7 Å². The summed E-state index contributed by atoms with van der Waals surface area (Å²) in [6.45, 7) is 7.35. The molecule has 2 amide bonds. The molecule has 1 N–H and O–H groups in total. The van der Waals surface area contributed by atoms with E-state index in [4.69, 9.17) is 0 Å². The molecule has 32 heavy (non-hydrogen) atoms. The first kappa shape index (κ1) is 21.8. The highest BCUT2D eigenvalue weighted by molar-refractivity contribution is 5.96. The summed E-state index contributed by atoms with van der Waals surface area (Å²) in [5.41, 5.74) is 4.51. The third-order valence-electron chi connectivity index (χ3n) is 6.06. The van der Waals surface area contributed by atoms with E-state index >= 15 is 0 Å². The maximum Gasteiger partial charge on any atom is 0.257 e. The molecule has 0 saturated carbocycles. The van der Waals surface area contributed by atoms with Crippen LogP contribution in [0.25, 0.3) is 5.69 Å². The first-order valence-electron chi connectivity index (χ1n) is 11.2. The van der Waals surface area contributed by atoms with Crippen LogP contribution in [0.1, 0.15) is 54.2 Å². The number of para-hydroxylation sites is 1. The smallest absolute Gasteiger partial charge is 0.257 e. The minimum Gasteiger partial charge on any atom is -0.338 e. The molecule has 1 aromatic heterocycles. The molecule has 1 aliphatic rings. The van der Waals surface area contributed by atoms with Crippen molar-refractivity contribution in [3.63, 3.8) is 0 Å². The Hall–Kier alpha value is -3.41. The van der Waals surface area contributed by atoms with Gasteiger partial charge in [0.2, 0.25) is 5.91 Å². The highest BCUT2D eigenvalue weighted by Crippen LogP contribution is 2.27. The summed E-state index contributed by atoms with van der Waals surface area (Å²) in [5, 5.41) is 7.53. The number of nitrogens with one attached hydrogen (secondary N) is 1. The molecule has 1 fully saturated rings. The minimum absolute atomic E-state index is 0.00557. The van der Waals surface area contributed by atoms with Gasteiger partial charge in [-0.3, -0.25) is 9.59 Å². The van der Waals surface area contributed by atoms with E-state index < -0.39 is 0 Å². The SMILES string of the molecule is Cc1ccc(-n2ncc(C(=O)N3CCC(C(=O)Nc4ccccc4)CC3)c2C(C)C)cc1. The number of nitrogens with zero attached hydrogens (tertiary/aromatic N) is 3. The summed E-state index contributed by atoms with van der Waals surface area (Å²) in [5.74, 6) is 0.0818. The molecule has 166 valence electrons. The van der Waals surface area contributed by atoms with Gasteiger partial charge in [0.15, 0.2) is 0 Å². The maximum atomic E-state index is 13.4. The number of anilines is 1. The first-order chi connectivity index (χ1) is 15.4. The third kappa shape index (κ3) is 4.59. The van der Waals surface area contributed by atoms with Gasteiger partial charge in [-0.2, -0.15) is 5.10 Å². The molecule has 0 spiro atoms. The number of aryl methyl sites for hydroxylation is 1. The number of likely N-dealkylation sites (tertiary alicyclic amines) is 1. The first-order valence-corrected chi connectivity index (χ1v) is 11.2. The van der Waals surface area contributed by atoms with E-state index in [0.29, 0.717) is 31.5 Å². The zero-order chi connectivity index (χ0) is 22.7. The van der Waals surface area contributed by atoms with E-state index in [1.54, 1.807) is 6.20 Å². The lowest BCUT2D eigenvalue weighted by molar-refractivity contribution is -0.121. The van der Waals surface area contributed by atoms with E-state index in [9.17, 15) is 9.59 Å². The second kappa shape index (κ2) is 9.39. The summed E-state index contributed by atoms with van der Waals surface area (Å²) < 4.78 is 1.87. The molecule has 0 radical (unpaired) electrons. The van der Waals surface area contributed by atoms with Crippen LogP contribution in [-0.2, 0) is 4.79 Å². The lowest BCUT2D eigenvalue weighted by Gasteiger charge is -2.31. The molecule has 0 unspecified atom stereocenters. The average Bonchev–Trinajstić information content (AvgIpc) is 3.25. The fourth-order valence-corrected chi connectivity index (χ4v) is 4.25. The zero-order valence-electron chi connectivity index (χ0n) is 18.9. The van der Waals surface area contributed by atoms with Gasteiger partial charge in [-0.15, -0.1) is 0 Å². The number of hydrogen-bond acceptors (Lipinski definition) is 3. The highest BCUT2D eigenvalue weighted by atomic mass is 16.2. The molecule has 2 aromatic carbocycles. The molecular formula is C26H30N4O2. The lowest BCUT2D eigenvalue weighted by atomic mass is 9.95. The predicted octanol–water partition coefficient (Wildman–Crippen LogP) is 4.80. The number of hydrogen-bond donors (Lipinski definition) is 1. The van der Waals surface area contributed by atoms with E-state index in [2.05, 4.69) is 31.2 Å². The van der Waals surface area contributed by atoms with E-state index in [1.165, 1.54) is 5.56 Å². The Bertz CT molecular complexity index is 1080. The van der Waals surface area contributed by atoms with Crippen LogP contribution in [0.5, 0.6) is 0 Å². The van der Waals surface area contributed by atoms with Gasteiger partial charge in [0.25, 0.3) is 5.91 Å². The van der Waals surface area contributed by atoms with Gasteiger partial charge < -0.3 is 10.2 Å². The molecule has 0 aliphatic carbocycles. The molecule has 3 aromatic rings. The van der Waals surface area contributed by atoms with Crippen molar-refractivity contribution in [3.8, 4) is 5.69 Å². The van der Waals surface area contributed by atoms with Gasteiger partial charge in [-0.1, -0.05) is 49.7 Å². The van der Waals surface area contributed by atoms with Crippen molar-refractivity contribution in [1.29, 1.82) is 0 Å². The molecule has 1 saturated heterocycles. The van der Waals surface area contributed by atoms with E-state index in [1.807, 2.05) is 64.2 Å². The standard InChI is InChI=1S/C26H30N4O2/c1-18(2)24-23(17-27-30(24)22-11-9-19(3)10-12-22)26(32)29-15-13-20(14-16-29)25(31)28-21-7-5-4-6-8-21/h4-12,17-18,20H,13-16H2,1-3H3,(H,28,31). The van der Waals surface area contributed by atoms with Crippen molar-refractivity contribution < 1.29 is 9.59 Å². The van der Waals surface area contributed by atoms with Crippen LogP contribution in [0.4, 0.5) is 5.69 Å². The Balaban J connectivity index is 1.45. The fraction of sp³-hybridized carbons (Fsp3) is 0.346. The Kier molecular flexibility index (Phi) is 6.40. The Morgan fingerprint density at radius 1 is 1.00 bits per heavy atom. The number of aromatic nitrogens is 2. The number of carbonyl (C=O) groups is 2. The van der Waals surface area contributed by atoms with Crippen LogP contribution in [-0.4, -0.2) is 39.6 Å². The molecule has 0 atom stereocenters. The Morgan fingerprint density at radius 3 is 2.28 bits per heavy atom. The van der Waals surface area contributed by atoms with Crippen LogP contribution in [0.15, 0.2) is 60.8 Å². The van der Waals surface area contributed by atoms with Crippen LogP contribution in [0.3, 0.4) is 0 Å². The average molecular weight is 431 g/mol. The van der Waals surface area contributed by atoms with Crippen LogP contribution >= 0.6 is 0 Å². The number of rotatable bonds is 5. The monoisotopic (exact) mass is 430 g/mol. The van der Waals surface area contributed by atoms with Crippen molar-refractivity contribution in [3.05, 3.63) is 77.6 Å². The van der Waals surface area contributed by atoms with Gasteiger partial charge in [0, 0.05) is 24.7 Å². The largest absolute Gasteiger partial charge is 0.338 e. The van der Waals surface area contributed by atoms with Gasteiger partial charge in [-0.05, 0) is 49.9 Å². The van der Waals surface area contributed by atoms with Crippen molar-refractivity contribution >= 4 is 17.5 Å². The second-order valence-electron chi connectivity index (χ2n) is 8.77. The fourth-order valence-electron chi connectivity index (χ4n) is 4.25. The van der Waals surface area contributed by atoms with Crippen LogP contribution in [0, 0.1) is 12.8 Å². The number of piperidine rings is 1. The Morgan fingerprint density at radius 2 is 1.66 bits per heavy atom. The van der Waals surface area contributed by atoms with E-state index in [-0.39, 0.29) is 23.7 Å². The maximum absolute atomic E-state index is 13.4. The summed E-state index contributed by atoms with van der Waals surface area (Å²) in [7, 11) is 0. The van der Waals surface area contributed by atoms with Crippen molar-refractivity contribution in [2.45, 2.75) is 39.5 Å². The van der Waals surface area contributed by atoms with Crippen molar-refractivity contribution in [2.75, 3.05) is 18.4 Å². The predicted molar refractivity (Wildman–Crippen MR) is 126 cm³/mol. The zero-order valence-corrected chi connectivity index (χ0v) is 18.9.